The van der Waals surface area contributed by atoms with E-state index in [1.807, 2.05) is 36.4 Å². The van der Waals surface area contributed by atoms with E-state index in [2.05, 4.69) is 0 Å². The van der Waals surface area contributed by atoms with Crippen LogP contribution in [0.1, 0.15) is 6.92 Å². The summed E-state index contributed by atoms with van der Waals surface area (Å²) in [6.45, 7) is 1.28. The predicted molar refractivity (Wildman–Crippen MR) is 70.7 cm³/mol. The van der Waals surface area contributed by atoms with Crippen LogP contribution in [-0.2, 0) is 9.59 Å². The first-order valence-electron chi connectivity index (χ1n) is 5.65. The highest BCUT2D eigenvalue weighted by Gasteiger charge is 2.21. The quantitative estimate of drug-likeness (QED) is 0.772. The van der Waals surface area contributed by atoms with Crippen LogP contribution in [0.3, 0.4) is 0 Å². The van der Waals surface area contributed by atoms with Crippen molar-refractivity contribution in [2.24, 2.45) is 0 Å². The molecule has 0 saturated heterocycles. The van der Waals surface area contributed by atoms with Gasteiger partial charge in [0.2, 0.25) is 5.78 Å². The highest BCUT2D eigenvalue weighted by atomic mass is 16.2. The molecule has 90 valence electrons. The monoisotopic (exact) mass is 239 g/mol. The van der Waals surface area contributed by atoms with Crippen molar-refractivity contribution < 1.29 is 9.59 Å². The molecule has 0 aromatic heterocycles. The number of ketones is 1. The van der Waals surface area contributed by atoms with Gasteiger partial charge in [0.15, 0.2) is 0 Å². The lowest BCUT2D eigenvalue weighted by Crippen LogP contribution is -2.31. The van der Waals surface area contributed by atoms with Gasteiger partial charge in [-0.25, -0.2) is 0 Å². The number of para-hydroxylation sites is 2. The van der Waals surface area contributed by atoms with Gasteiger partial charge in [0.1, 0.15) is 0 Å². The third kappa shape index (κ3) is 2.46. The van der Waals surface area contributed by atoms with E-state index in [1.165, 1.54) is 11.8 Å². The van der Waals surface area contributed by atoms with Gasteiger partial charge in [-0.05, 0) is 24.3 Å². The highest BCUT2D eigenvalue weighted by molar-refractivity contribution is 6.42. The number of benzene rings is 2. The Morgan fingerprint density at radius 3 is 1.50 bits per heavy atom. The Kier molecular flexibility index (Phi) is 3.53. The molecule has 0 N–H and O–H groups in total. The van der Waals surface area contributed by atoms with Crippen LogP contribution in [0.25, 0.3) is 0 Å². The van der Waals surface area contributed by atoms with E-state index < -0.39 is 11.7 Å². The fourth-order valence-corrected chi connectivity index (χ4v) is 1.70. The smallest absolute Gasteiger partial charge is 0.289 e. The van der Waals surface area contributed by atoms with Gasteiger partial charge >= 0.3 is 0 Å². The van der Waals surface area contributed by atoms with Gasteiger partial charge in [0.05, 0.1) is 0 Å². The summed E-state index contributed by atoms with van der Waals surface area (Å²) in [5, 5.41) is 0. The Bertz CT molecular complexity index is 510. The second-order valence-corrected chi connectivity index (χ2v) is 3.87. The van der Waals surface area contributed by atoms with E-state index in [0.29, 0.717) is 11.4 Å². The second-order valence-electron chi connectivity index (χ2n) is 3.87. The van der Waals surface area contributed by atoms with E-state index in [-0.39, 0.29) is 0 Å². The van der Waals surface area contributed by atoms with Gasteiger partial charge in [-0.2, -0.15) is 0 Å². The Morgan fingerprint density at radius 2 is 1.17 bits per heavy atom. The lowest BCUT2D eigenvalue weighted by molar-refractivity contribution is -0.134. The van der Waals surface area contributed by atoms with Gasteiger partial charge in [0, 0.05) is 18.3 Å². The first-order valence-corrected chi connectivity index (χ1v) is 5.65. The van der Waals surface area contributed by atoms with Crippen molar-refractivity contribution >= 4 is 23.1 Å². The Labute approximate surface area is 106 Å². The Hall–Kier alpha value is -2.42. The third-order valence-electron chi connectivity index (χ3n) is 2.53. The minimum absolute atomic E-state index is 0.484. The number of anilines is 2. The van der Waals surface area contributed by atoms with Gasteiger partial charge in [-0.1, -0.05) is 36.4 Å². The van der Waals surface area contributed by atoms with Crippen LogP contribution < -0.4 is 4.90 Å². The molecule has 0 aliphatic rings. The number of hydrogen-bond acceptors (Lipinski definition) is 2. The van der Waals surface area contributed by atoms with Gasteiger partial charge in [0.25, 0.3) is 5.91 Å². The largest absolute Gasteiger partial charge is 0.298 e. The fraction of sp³-hybridized carbons (Fsp3) is 0.0667. The minimum atomic E-state index is -0.535. The molecule has 0 bridgehead atoms. The van der Waals surface area contributed by atoms with Crippen LogP contribution in [-0.4, -0.2) is 11.7 Å². The zero-order valence-electron chi connectivity index (χ0n) is 10.0. The van der Waals surface area contributed by atoms with Gasteiger partial charge < -0.3 is 0 Å². The Morgan fingerprint density at radius 1 is 0.778 bits per heavy atom. The molecule has 0 atom stereocenters. The van der Waals surface area contributed by atoms with Crippen LogP contribution in [0.5, 0.6) is 0 Å². The molecule has 0 unspecified atom stereocenters. The summed E-state index contributed by atoms with van der Waals surface area (Å²) in [5.41, 5.74) is 1.37. The summed E-state index contributed by atoms with van der Waals surface area (Å²) in [7, 11) is 0. The molecule has 0 spiro atoms. The van der Waals surface area contributed by atoms with Crippen molar-refractivity contribution in [3.05, 3.63) is 60.7 Å². The number of carbonyl (C=O) groups is 2. The van der Waals surface area contributed by atoms with Crippen molar-refractivity contribution in [3.63, 3.8) is 0 Å². The molecule has 0 aliphatic carbocycles. The summed E-state index contributed by atoms with van der Waals surface area (Å²) in [5.74, 6) is -1.02. The standard InChI is InChI=1S/C15H13NO2/c1-12(17)15(18)16(13-8-4-2-5-9-13)14-10-6-3-7-11-14/h2-11H,1H3. The van der Waals surface area contributed by atoms with Gasteiger partial charge in [-0.15, -0.1) is 0 Å². The van der Waals surface area contributed by atoms with Crippen molar-refractivity contribution in [1.82, 2.24) is 0 Å². The van der Waals surface area contributed by atoms with Crippen molar-refractivity contribution in [1.29, 1.82) is 0 Å². The van der Waals surface area contributed by atoms with Crippen LogP contribution in [0.15, 0.2) is 60.7 Å². The number of carbonyl (C=O) groups excluding carboxylic acids is 2. The molecule has 0 aliphatic heterocycles. The average molecular weight is 239 g/mol. The maximum Gasteiger partial charge on any atom is 0.298 e. The van der Waals surface area contributed by atoms with Crippen molar-refractivity contribution in [3.8, 4) is 0 Å². The van der Waals surface area contributed by atoms with Crippen LogP contribution in [0.2, 0.25) is 0 Å². The Balaban J connectivity index is 2.48. The maximum atomic E-state index is 12.0. The zero-order valence-corrected chi connectivity index (χ0v) is 10.0. The lowest BCUT2D eigenvalue weighted by atomic mass is 10.2. The van der Waals surface area contributed by atoms with E-state index >= 15 is 0 Å². The number of amides is 1. The molecule has 0 saturated carbocycles. The minimum Gasteiger partial charge on any atom is -0.289 e. The first kappa shape index (κ1) is 12.0. The maximum absolute atomic E-state index is 12.0. The number of Topliss-reactive ketones (excluding diaryl/α,β-unsaturated/α-hetero) is 1. The third-order valence-corrected chi connectivity index (χ3v) is 2.53. The SMILES string of the molecule is CC(=O)C(=O)N(c1ccccc1)c1ccccc1. The summed E-state index contributed by atoms with van der Waals surface area (Å²) in [6.07, 6.45) is 0. The molecule has 3 heteroatoms. The summed E-state index contributed by atoms with van der Waals surface area (Å²) in [4.78, 5) is 24.8. The van der Waals surface area contributed by atoms with Crippen molar-refractivity contribution in [2.45, 2.75) is 6.92 Å². The van der Waals surface area contributed by atoms with E-state index in [4.69, 9.17) is 0 Å². The van der Waals surface area contributed by atoms with Crippen LogP contribution in [0, 0.1) is 0 Å². The molecule has 3 nitrogen and oxygen atoms in total. The van der Waals surface area contributed by atoms with Gasteiger partial charge in [-0.3, -0.25) is 14.5 Å². The summed E-state index contributed by atoms with van der Waals surface area (Å²) >= 11 is 0. The predicted octanol–water partition coefficient (Wildman–Crippen LogP) is 2.94. The summed E-state index contributed by atoms with van der Waals surface area (Å²) in [6, 6.07) is 18.3. The van der Waals surface area contributed by atoms with E-state index in [0.717, 1.165) is 0 Å². The number of nitrogens with zero attached hydrogens (tertiary/aromatic N) is 1. The normalized spacial score (nSPS) is 9.83. The highest BCUT2D eigenvalue weighted by Crippen LogP contribution is 2.24. The lowest BCUT2D eigenvalue weighted by Gasteiger charge is -2.21. The average Bonchev–Trinajstić information content (AvgIpc) is 2.41. The zero-order chi connectivity index (χ0) is 13.0. The molecule has 0 heterocycles. The fourth-order valence-electron chi connectivity index (χ4n) is 1.70. The molecular formula is C15H13NO2. The molecular weight excluding hydrogens is 226 g/mol. The summed E-state index contributed by atoms with van der Waals surface area (Å²) < 4.78 is 0. The molecule has 2 aromatic rings. The molecule has 0 radical (unpaired) electrons. The van der Waals surface area contributed by atoms with Crippen LogP contribution >= 0.6 is 0 Å². The molecule has 1 amide bonds. The number of rotatable bonds is 3. The topological polar surface area (TPSA) is 37.4 Å². The number of hydrogen-bond donors (Lipinski definition) is 0. The first-order chi connectivity index (χ1) is 8.70. The molecule has 18 heavy (non-hydrogen) atoms. The molecule has 2 rings (SSSR count). The van der Waals surface area contributed by atoms with E-state index in [9.17, 15) is 9.59 Å². The molecule has 2 aromatic carbocycles. The van der Waals surface area contributed by atoms with Crippen LogP contribution in [0.4, 0.5) is 11.4 Å². The van der Waals surface area contributed by atoms with Crippen molar-refractivity contribution in [2.75, 3.05) is 4.90 Å². The molecule has 0 fully saturated rings. The second kappa shape index (κ2) is 5.27. The van der Waals surface area contributed by atoms with E-state index in [1.54, 1.807) is 24.3 Å².